The molecule has 0 radical (unpaired) electrons. The monoisotopic (exact) mass is 708 g/mol. The van der Waals surface area contributed by atoms with Crippen molar-refractivity contribution in [2.45, 2.75) is 39.0 Å². The molecule has 50 heavy (non-hydrogen) atoms. The predicted octanol–water partition coefficient (Wildman–Crippen LogP) is 4.34. The molecule has 1 N–H and O–H groups in total. The van der Waals surface area contributed by atoms with Crippen molar-refractivity contribution in [1.29, 1.82) is 5.26 Å². The molecular formula is C33H34F2N8O6S. The number of nitrogens with one attached hydrogen (secondary N) is 1. The number of ether oxygens (including phenoxy) is 2. The Balaban J connectivity index is 1.20. The van der Waals surface area contributed by atoms with Crippen LogP contribution in [-0.4, -0.2) is 89.3 Å². The number of aromatic nitrogens is 3. The van der Waals surface area contributed by atoms with Crippen molar-refractivity contribution >= 4 is 38.7 Å². The number of anilines is 2. The molecule has 0 spiro atoms. The van der Waals surface area contributed by atoms with Crippen molar-refractivity contribution in [3.8, 4) is 23.3 Å². The minimum atomic E-state index is -4.23. The van der Waals surface area contributed by atoms with Gasteiger partial charge >= 0.3 is 16.3 Å². The fraction of sp³-hybridized carbons (Fsp3) is 0.364. The zero-order chi connectivity index (χ0) is 35.8. The van der Waals surface area contributed by atoms with E-state index in [0.29, 0.717) is 43.2 Å². The summed E-state index contributed by atoms with van der Waals surface area (Å²) in [6, 6.07) is 11.5. The number of hydrogen-bond donors (Lipinski definition) is 1. The van der Waals surface area contributed by atoms with Crippen LogP contribution in [0.25, 0.3) is 16.6 Å². The van der Waals surface area contributed by atoms with Gasteiger partial charge in [-0.1, -0.05) is 0 Å². The summed E-state index contributed by atoms with van der Waals surface area (Å²) in [6.45, 7) is 7.12. The van der Waals surface area contributed by atoms with Gasteiger partial charge in [0.2, 0.25) is 0 Å². The maximum absolute atomic E-state index is 15.0. The number of rotatable bonds is 7. The number of amides is 1. The van der Waals surface area contributed by atoms with E-state index < -0.39 is 44.7 Å². The molecule has 2 aliphatic heterocycles. The van der Waals surface area contributed by atoms with Crippen molar-refractivity contribution in [1.82, 2.24) is 23.7 Å². The highest BCUT2D eigenvalue weighted by Crippen LogP contribution is 2.34. The standard InChI is InChI=1S/C33H34F2N8O6S/c1-33(2,3)49-32(45)41-14-12-40(13-15-41)29-9-4-22(18-37-29)43-20-38-27-7-5-23(16-24(27)31(43)44)48-30-25(17-36)28(8-6-26(30)35)39-50(46,47)42-11-10-21(34)19-42/h4-9,16,18,20-21,39H,10-15,19H2,1-3H3/t21-/m1/s1. The van der Waals surface area contributed by atoms with Crippen LogP contribution in [0.5, 0.6) is 11.5 Å². The third-order valence-electron chi connectivity index (χ3n) is 8.11. The quantitative estimate of drug-likeness (QED) is 0.292. The van der Waals surface area contributed by atoms with Gasteiger partial charge in [-0.3, -0.25) is 14.1 Å². The number of alkyl halides is 1. The molecule has 1 atom stereocenters. The number of benzene rings is 2. The molecule has 2 aromatic carbocycles. The lowest BCUT2D eigenvalue weighted by Gasteiger charge is -2.36. The summed E-state index contributed by atoms with van der Waals surface area (Å²) in [4.78, 5) is 38.6. The van der Waals surface area contributed by atoms with E-state index in [-0.39, 0.29) is 42.4 Å². The topological polar surface area (TPSA) is 163 Å². The fourth-order valence-corrected chi connectivity index (χ4v) is 6.86. The Morgan fingerprint density at radius 3 is 2.46 bits per heavy atom. The Morgan fingerprint density at radius 2 is 1.82 bits per heavy atom. The molecular weight excluding hydrogens is 674 g/mol. The van der Waals surface area contributed by atoms with Gasteiger partial charge < -0.3 is 19.3 Å². The van der Waals surface area contributed by atoms with Gasteiger partial charge in [0.15, 0.2) is 11.6 Å². The smallest absolute Gasteiger partial charge is 0.410 e. The number of carbonyl (C=O) groups excluding carboxylic acids is 1. The first kappa shape index (κ1) is 34.5. The van der Waals surface area contributed by atoms with Crippen LogP contribution in [0.15, 0.2) is 59.8 Å². The van der Waals surface area contributed by atoms with Gasteiger partial charge in [-0.25, -0.2) is 23.5 Å². The SMILES string of the molecule is CC(C)(C)OC(=O)N1CCN(c2ccc(-n3cnc4ccc(Oc5c(F)ccc(NS(=O)(=O)N6CC[C@@H](F)C6)c5C#N)cc4c3=O)cn2)CC1. The van der Waals surface area contributed by atoms with Crippen LogP contribution in [0.3, 0.4) is 0 Å². The Morgan fingerprint density at radius 1 is 1.06 bits per heavy atom. The molecule has 6 rings (SSSR count). The van der Waals surface area contributed by atoms with Crippen molar-refractivity contribution in [2.75, 3.05) is 48.9 Å². The van der Waals surface area contributed by atoms with E-state index in [0.717, 1.165) is 16.4 Å². The van der Waals surface area contributed by atoms with Crippen LogP contribution in [-0.2, 0) is 14.9 Å². The van der Waals surface area contributed by atoms with Gasteiger partial charge in [-0.15, -0.1) is 0 Å². The molecule has 0 saturated carbocycles. The Labute approximate surface area is 286 Å². The lowest BCUT2D eigenvalue weighted by Crippen LogP contribution is -2.50. The molecule has 262 valence electrons. The average molecular weight is 709 g/mol. The normalized spacial score (nSPS) is 17.1. The van der Waals surface area contributed by atoms with E-state index in [2.05, 4.69) is 14.7 Å². The predicted molar refractivity (Wildman–Crippen MR) is 180 cm³/mol. The molecule has 2 aromatic heterocycles. The maximum Gasteiger partial charge on any atom is 0.410 e. The van der Waals surface area contributed by atoms with Crippen molar-refractivity contribution in [2.24, 2.45) is 0 Å². The number of halogens is 2. The summed E-state index contributed by atoms with van der Waals surface area (Å²) in [5.74, 6) is -0.853. The molecule has 17 heteroatoms. The molecule has 0 bridgehead atoms. The third kappa shape index (κ3) is 7.31. The van der Waals surface area contributed by atoms with E-state index in [9.17, 15) is 27.7 Å². The summed E-state index contributed by atoms with van der Waals surface area (Å²) >= 11 is 0. The molecule has 4 aromatic rings. The zero-order valence-corrected chi connectivity index (χ0v) is 28.3. The first-order valence-corrected chi connectivity index (χ1v) is 17.2. The average Bonchev–Trinajstić information content (AvgIpc) is 3.53. The van der Waals surface area contributed by atoms with E-state index in [1.54, 1.807) is 23.1 Å². The number of piperazine rings is 1. The van der Waals surface area contributed by atoms with Gasteiger partial charge in [0.05, 0.1) is 28.5 Å². The van der Waals surface area contributed by atoms with Crippen LogP contribution < -0.4 is 19.9 Å². The largest absolute Gasteiger partial charge is 0.453 e. The second kappa shape index (κ2) is 13.5. The lowest BCUT2D eigenvalue weighted by molar-refractivity contribution is 0.0240. The highest BCUT2D eigenvalue weighted by molar-refractivity contribution is 7.90. The summed E-state index contributed by atoms with van der Waals surface area (Å²) in [5, 5.41) is 9.98. The minimum absolute atomic E-state index is 0.0108. The molecule has 2 aliphatic rings. The molecule has 1 amide bonds. The number of fused-ring (bicyclic) bond motifs is 1. The minimum Gasteiger partial charge on any atom is -0.453 e. The van der Waals surface area contributed by atoms with Gasteiger partial charge in [0.25, 0.3) is 5.56 Å². The van der Waals surface area contributed by atoms with E-state index in [1.807, 2.05) is 25.7 Å². The number of pyridine rings is 1. The van der Waals surface area contributed by atoms with E-state index in [4.69, 9.17) is 9.47 Å². The molecule has 0 aliphatic carbocycles. The van der Waals surface area contributed by atoms with Crippen molar-refractivity contribution < 1.29 is 31.5 Å². The fourth-order valence-electron chi connectivity index (χ4n) is 5.58. The Kier molecular flexibility index (Phi) is 9.33. The Hall–Kier alpha value is -5.34. The molecule has 4 heterocycles. The number of hydrogen-bond acceptors (Lipinski definition) is 10. The van der Waals surface area contributed by atoms with Crippen LogP contribution in [0.1, 0.15) is 32.8 Å². The molecule has 2 fully saturated rings. The van der Waals surface area contributed by atoms with Crippen LogP contribution in [0, 0.1) is 17.1 Å². The second-order valence-electron chi connectivity index (χ2n) is 12.8. The number of carbonyl (C=O) groups is 1. The highest BCUT2D eigenvalue weighted by atomic mass is 32.2. The maximum atomic E-state index is 15.0. The lowest BCUT2D eigenvalue weighted by atomic mass is 10.1. The number of nitriles is 1. The molecule has 14 nitrogen and oxygen atoms in total. The van der Waals surface area contributed by atoms with Gasteiger partial charge in [0.1, 0.15) is 41.3 Å². The second-order valence-corrected chi connectivity index (χ2v) is 14.5. The first-order valence-electron chi connectivity index (χ1n) is 15.8. The Bertz CT molecular complexity index is 2140. The van der Waals surface area contributed by atoms with Crippen LogP contribution >= 0.6 is 0 Å². The van der Waals surface area contributed by atoms with Crippen LogP contribution in [0.4, 0.5) is 25.1 Å². The third-order valence-corrected chi connectivity index (χ3v) is 9.60. The van der Waals surface area contributed by atoms with E-state index in [1.165, 1.54) is 35.3 Å². The first-order chi connectivity index (χ1) is 23.7. The van der Waals surface area contributed by atoms with E-state index >= 15 is 4.39 Å². The molecule has 2 saturated heterocycles. The molecule has 0 unspecified atom stereocenters. The highest BCUT2D eigenvalue weighted by Gasteiger charge is 2.32. The van der Waals surface area contributed by atoms with Gasteiger partial charge in [-0.05, 0) is 69.7 Å². The summed E-state index contributed by atoms with van der Waals surface area (Å²) < 4.78 is 69.9. The van der Waals surface area contributed by atoms with Crippen molar-refractivity contribution in [3.63, 3.8) is 0 Å². The summed E-state index contributed by atoms with van der Waals surface area (Å²) in [7, 11) is -4.23. The van der Waals surface area contributed by atoms with Crippen LogP contribution in [0.2, 0.25) is 0 Å². The number of nitrogens with zero attached hydrogens (tertiary/aromatic N) is 7. The summed E-state index contributed by atoms with van der Waals surface area (Å²) in [6.07, 6.45) is 1.26. The van der Waals surface area contributed by atoms with Gasteiger partial charge in [-0.2, -0.15) is 18.0 Å². The van der Waals surface area contributed by atoms with Crippen molar-refractivity contribution in [3.05, 3.63) is 76.7 Å². The zero-order valence-electron chi connectivity index (χ0n) is 27.5. The summed E-state index contributed by atoms with van der Waals surface area (Å²) in [5.41, 5.74) is -0.988. The van der Waals surface area contributed by atoms with Gasteiger partial charge in [0, 0.05) is 39.3 Å².